The van der Waals surface area contributed by atoms with Crippen LogP contribution in [0.2, 0.25) is 0 Å². The molecular weight excluding hydrogens is 745 g/mol. The van der Waals surface area contributed by atoms with Gasteiger partial charge in [-0.15, -0.1) is 0 Å². The van der Waals surface area contributed by atoms with Crippen LogP contribution in [-0.2, 0) is 0 Å². The predicted molar refractivity (Wildman–Crippen MR) is 296 cm³/mol. The van der Waals surface area contributed by atoms with E-state index in [1.165, 1.54) is 154 Å². The van der Waals surface area contributed by atoms with Crippen molar-refractivity contribution < 1.29 is 0 Å². The molecule has 0 aliphatic rings. The van der Waals surface area contributed by atoms with E-state index in [9.17, 15) is 0 Å². The van der Waals surface area contributed by atoms with Crippen LogP contribution in [0.25, 0.3) is 0 Å². The molecule has 0 aromatic heterocycles. The average molecular weight is 872 g/mol. The average Bonchev–Trinajstić information content (AvgIpc) is 3.11. The first-order chi connectivity index (χ1) is 28.5. The molecule has 0 unspecified atom stereocenters. The summed E-state index contributed by atoms with van der Waals surface area (Å²) < 4.78 is 0. The Morgan fingerprint density at radius 1 is 0.274 bits per heavy atom. The van der Waals surface area contributed by atoms with E-state index >= 15 is 0 Å². The van der Waals surface area contributed by atoms with Gasteiger partial charge in [0.1, 0.15) is 0 Å². The predicted octanol–water partition coefficient (Wildman–Crippen LogP) is 23.5. The number of unbranched alkanes of at least 4 members (excludes halogenated alkanes) is 10. The third kappa shape index (κ3) is 93.8. The quantitative estimate of drug-likeness (QED) is 0.0600. The zero-order valence-corrected chi connectivity index (χ0v) is 48.0. The molecule has 0 radical (unpaired) electrons. The van der Waals surface area contributed by atoms with Crippen LogP contribution in [0.4, 0.5) is 0 Å². The van der Waals surface area contributed by atoms with Gasteiger partial charge in [-0.05, 0) is 135 Å². The molecule has 0 aromatic carbocycles. The van der Waals surface area contributed by atoms with Gasteiger partial charge in [-0.1, -0.05) is 265 Å². The van der Waals surface area contributed by atoms with E-state index in [0.29, 0.717) is 27.1 Å². The minimum atomic E-state index is 0.473. The lowest BCUT2D eigenvalue weighted by atomic mass is 9.88. The third-order valence-electron chi connectivity index (χ3n) is 10.5. The first-order valence-corrected chi connectivity index (χ1v) is 27.1. The highest BCUT2D eigenvalue weighted by molar-refractivity contribution is 4.93. The highest BCUT2D eigenvalue weighted by Crippen LogP contribution is 2.24. The van der Waals surface area contributed by atoms with Gasteiger partial charge >= 0.3 is 0 Å². The molecule has 0 heterocycles. The maximum absolute atomic E-state index is 2.36. The minimum Gasteiger partial charge on any atom is -0.0885 e. The largest absolute Gasteiger partial charge is 0.0885 e. The van der Waals surface area contributed by atoms with Gasteiger partial charge in [-0.2, -0.15) is 0 Å². The second kappa shape index (κ2) is 45.1. The maximum atomic E-state index is 2.36. The fraction of sp³-hybridized carbons (Fsp3) is 0.871. The fourth-order valence-electron chi connectivity index (χ4n) is 6.00. The Bertz CT molecular complexity index is 960. The van der Waals surface area contributed by atoms with E-state index < -0.39 is 0 Å². The van der Waals surface area contributed by atoms with Crippen molar-refractivity contribution in [2.45, 2.75) is 313 Å². The van der Waals surface area contributed by atoms with Crippen LogP contribution < -0.4 is 0 Å². The Morgan fingerprint density at radius 2 is 0.565 bits per heavy atom. The van der Waals surface area contributed by atoms with E-state index in [4.69, 9.17) is 0 Å². The van der Waals surface area contributed by atoms with Crippen LogP contribution in [0, 0.1) is 38.9 Å². The molecule has 0 aliphatic carbocycles. The molecule has 0 fully saturated rings. The van der Waals surface area contributed by atoms with E-state index in [0.717, 1.165) is 18.3 Å². The normalized spacial score (nSPS) is 12.7. The molecule has 0 bridgehead atoms. The summed E-state index contributed by atoms with van der Waals surface area (Å²) in [4.78, 5) is 0. The summed E-state index contributed by atoms with van der Waals surface area (Å²) in [5, 5.41) is 0. The molecule has 374 valence electrons. The van der Waals surface area contributed by atoms with Crippen LogP contribution in [0.3, 0.4) is 0 Å². The summed E-state index contributed by atoms with van der Waals surface area (Å²) in [6, 6.07) is 0. The maximum Gasteiger partial charge on any atom is -0.0169 e. The van der Waals surface area contributed by atoms with Crippen molar-refractivity contribution in [3.63, 3.8) is 0 Å². The zero-order valence-electron chi connectivity index (χ0n) is 48.0. The Morgan fingerprint density at radius 3 is 0.903 bits per heavy atom. The van der Waals surface area contributed by atoms with Gasteiger partial charge in [0.2, 0.25) is 0 Å². The molecule has 0 aliphatic heterocycles. The molecule has 0 atom stereocenters. The lowest BCUT2D eigenvalue weighted by Gasteiger charge is -2.18. The van der Waals surface area contributed by atoms with Gasteiger partial charge < -0.3 is 0 Å². The molecule has 0 aromatic rings. The second-order valence-corrected chi connectivity index (χ2v) is 25.6. The summed E-state index contributed by atoms with van der Waals surface area (Å²) >= 11 is 0. The molecular formula is C62H126. The molecule has 0 rings (SSSR count). The van der Waals surface area contributed by atoms with E-state index in [1.807, 2.05) is 0 Å². The lowest BCUT2D eigenvalue weighted by molar-refractivity contribution is 0.338. The molecule has 0 amide bonds. The van der Waals surface area contributed by atoms with Crippen LogP contribution in [0.1, 0.15) is 313 Å². The first kappa shape index (κ1) is 70.0. The van der Waals surface area contributed by atoms with E-state index in [2.05, 4.69) is 201 Å². The van der Waals surface area contributed by atoms with E-state index in [-0.39, 0.29) is 0 Å². The number of hydrogen-bond donors (Lipinski definition) is 0. The van der Waals surface area contributed by atoms with Crippen LogP contribution in [-0.4, -0.2) is 0 Å². The van der Waals surface area contributed by atoms with Crippen LogP contribution >= 0.6 is 0 Å². The summed E-state index contributed by atoms with van der Waals surface area (Å²) in [5.41, 5.74) is 2.54. The molecule has 0 saturated heterocycles. The van der Waals surface area contributed by atoms with E-state index in [1.54, 1.807) is 0 Å². The molecule has 0 nitrogen and oxygen atoms in total. The van der Waals surface area contributed by atoms with Crippen molar-refractivity contribution >= 4 is 0 Å². The van der Waals surface area contributed by atoms with Gasteiger partial charge in [0.15, 0.2) is 0 Å². The number of hydrogen-bond acceptors (Lipinski definition) is 0. The molecule has 0 N–H and O–H groups in total. The summed E-state index contributed by atoms with van der Waals surface area (Å²) in [6.07, 6.45) is 51.7. The second-order valence-electron chi connectivity index (χ2n) is 25.6. The molecule has 0 heteroatoms. The third-order valence-corrected chi connectivity index (χ3v) is 10.5. The van der Waals surface area contributed by atoms with Crippen molar-refractivity contribution in [3.8, 4) is 0 Å². The van der Waals surface area contributed by atoms with Crippen molar-refractivity contribution in [1.29, 1.82) is 0 Å². The highest BCUT2D eigenvalue weighted by atomic mass is 14.2. The molecule has 62 heavy (non-hydrogen) atoms. The summed E-state index contributed by atoms with van der Waals surface area (Å²) in [6.45, 7) is 50.5. The van der Waals surface area contributed by atoms with Crippen LogP contribution in [0.5, 0.6) is 0 Å². The Labute approximate surface area is 398 Å². The first-order valence-electron chi connectivity index (χ1n) is 27.1. The van der Waals surface area contributed by atoms with Crippen LogP contribution in [0.15, 0.2) is 48.6 Å². The van der Waals surface area contributed by atoms with Crippen molar-refractivity contribution in [2.75, 3.05) is 0 Å². The zero-order chi connectivity index (χ0) is 49.0. The summed E-state index contributed by atoms with van der Waals surface area (Å²) in [7, 11) is 0. The Balaban J connectivity index is -0.000000222. The van der Waals surface area contributed by atoms with Crippen molar-refractivity contribution in [3.05, 3.63) is 48.6 Å². The smallest absolute Gasteiger partial charge is 0.0169 e. The lowest BCUT2D eigenvalue weighted by Crippen LogP contribution is -2.05. The SMILES string of the molecule is CC(C)CCC(C)(C)C.CC(C)CCC/C=C\CCC(C)(C)C.CCCCC/C=C\C/C=C\CCC(C)(C)C.CCCCCC(C)(C)C.CCCCCC/C=C\CCC(C)(C)C. The monoisotopic (exact) mass is 871 g/mol. The Kier molecular flexibility index (Phi) is 50.9. The standard InChI is InChI=1S/C16H30.2C14H28.2C9H20/c1-5-6-7-8-9-10-11-12-13-14-15-16(2,3)4;1-13(2)11-9-7-6-8-10-12-14(3,4)5;1-5-6-7-8-9-10-11-12-13-14(2,3)4;1-8(2)6-7-9(3,4)5;1-5-6-7-8-9(2,3)4/h9-10,12-13H,5-8,11,14-15H2,1-4H3;6,8,13H,7,9-12H2,1-5H3;10-11H,5-9,12-13H2,1-4H3;8H,6-7H2,1-5H3;5-8H2,1-4H3/b10-9-,13-12-;8-6-;11-10-;;. The molecule has 0 spiro atoms. The van der Waals surface area contributed by atoms with Gasteiger partial charge in [0.05, 0.1) is 0 Å². The fourth-order valence-corrected chi connectivity index (χ4v) is 6.00. The van der Waals surface area contributed by atoms with Crippen molar-refractivity contribution in [1.82, 2.24) is 0 Å². The van der Waals surface area contributed by atoms with Gasteiger partial charge in [-0.3, -0.25) is 0 Å². The topological polar surface area (TPSA) is 0 Å². The minimum absolute atomic E-state index is 0.473. The Hall–Kier alpha value is -1.04. The van der Waals surface area contributed by atoms with Gasteiger partial charge in [0, 0.05) is 0 Å². The number of rotatable bonds is 26. The van der Waals surface area contributed by atoms with Gasteiger partial charge in [0.25, 0.3) is 0 Å². The van der Waals surface area contributed by atoms with Crippen molar-refractivity contribution in [2.24, 2.45) is 38.9 Å². The summed E-state index contributed by atoms with van der Waals surface area (Å²) in [5.74, 6) is 1.72. The van der Waals surface area contributed by atoms with Gasteiger partial charge in [-0.25, -0.2) is 0 Å². The number of allylic oxidation sites excluding steroid dienone is 8. The highest BCUT2D eigenvalue weighted by Gasteiger charge is 2.11. The molecule has 0 saturated carbocycles.